The minimum Gasteiger partial charge on any atom is -0.258 e. The Labute approximate surface area is 109 Å². The second-order valence-electron chi connectivity index (χ2n) is 5.93. The molecule has 2 rings (SSSR count). The average molecular weight is 242 g/mol. The molecule has 96 valence electrons. The van der Waals surface area contributed by atoms with E-state index < -0.39 is 0 Å². The molecular weight excluding hydrogens is 220 g/mol. The van der Waals surface area contributed by atoms with Gasteiger partial charge in [0.1, 0.15) is 0 Å². The van der Waals surface area contributed by atoms with Crippen LogP contribution in [0.4, 0.5) is 0 Å². The van der Waals surface area contributed by atoms with Gasteiger partial charge in [0.05, 0.1) is 11.2 Å². The molecule has 0 aliphatic carbocycles. The van der Waals surface area contributed by atoms with E-state index in [0.717, 1.165) is 17.6 Å². The zero-order chi connectivity index (χ0) is 13.2. The predicted molar refractivity (Wildman–Crippen MR) is 76.9 cm³/mol. The van der Waals surface area contributed by atoms with Gasteiger partial charge in [-0.1, -0.05) is 34.1 Å². The lowest BCUT2D eigenvalue weighted by Crippen LogP contribution is -2.14. The third kappa shape index (κ3) is 2.69. The molecule has 18 heavy (non-hydrogen) atoms. The second kappa shape index (κ2) is 5.05. The summed E-state index contributed by atoms with van der Waals surface area (Å²) in [5.74, 6) is 0. The van der Waals surface area contributed by atoms with Crippen LogP contribution in [0.15, 0.2) is 24.5 Å². The van der Waals surface area contributed by atoms with Crippen molar-refractivity contribution in [3.63, 3.8) is 0 Å². The zero-order valence-corrected chi connectivity index (χ0v) is 11.8. The van der Waals surface area contributed by atoms with Crippen LogP contribution in [0, 0.1) is 0 Å². The van der Waals surface area contributed by atoms with Crippen molar-refractivity contribution in [3.8, 4) is 0 Å². The van der Waals surface area contributed by atoms with E-state index in [-0.39, 0.29) is 5.41 Å². The Hall–Kier alpha value is -1.44. The molecule has 2 heteroatoms. The second-order valence-corrected chi connectivity index (χ2v) is 5.93. The van der Waals surface area contributed by atoms with Gasteiger partial charge < -0.3 is 0 Å². The van der Waals surface area contributed by atoms with Crippen molar-refractivity contribution in [3.05, 3.63) is 35.8 Å². The number of pyridine rings is 2. The number of unbranched alkanes of at least 4 members (excludes halogenated alkanes) is 1. The van der Waals surface area contributed by atoms with E-state index in [1.807, 2.05) is 12.4 Å². The highest BCUT2D eigenvalue weighted by atomic mass is 14.8. The SMILES string of the molecule is CCCCc1cnc2c(C(C)(C)C)nccc2c1. The average Bonchev–Trinajstić information content (AvgIpc) is 2.34. The first-order valence-electron chi connectivity index (χ1n) is 6.76. The third-order valence-electron chi connectivity index (χ3n) is 3.19. The van der Waals surface area contributed by atoms with Crippen LogP contribution in [0.3, 0.4) is 0 Å². The first-order chi connectivity index (χ1) is 8.52. The van der Waals surface area contributed by atoms with Crippen molar-refractivity contribution < 1.29 is 0 Å². The van der Waals surface area contributed by atoms with E-state index in [9.17, 15) is 0 Å². The maximum absolute atomic E-state index is 4.64. The standard InChI is InChI=1S/C16H22N2/c1-5-6-7-12-10-13-8-9-17-15(16(2,3)4)14(13)18-11-12/h8-11H,5-7H2,1-4H3. The van der Waals surface area contributed by atoms with E-state index in [0.29, 0.717) is 0 Å². The van der Waals surface area contributed by atoms with E-state index in [2.05, 4.69) is 49.8 Å². The van der Waals surface area contributed by atoms with E-state index >= 15 is 0 Å². The van der Waals surface area contributed by atoms with Crippen molar-refractivity contribution in [2.45, 2.75) is 52.4 Å². The van der Waals surface area contributed by atoms with Crippen molar-refractivity contribution >= 4 is 10.9 Å². The number of rotatable bonds is 3. The summed E-state index contributed by atoms with van der Waals surface area (Å²) in [6.07, 6.45) is 7.47. The minimum absolute atomic E-state index is 0.0391. The first kappa shape index (κ1) is 13.0. The summed E-state index contributed by atoms with van der Waals surface area (Å²) < 4.78 is 0. The normalized spacial score (nSPS) is 12.0. The van der Waals surface area contributed by atoms with Crippen LogP contribution in [0.25, 0.3) is 10.9 Å². The topological polar surface area (TPSA) is 25.8 Å². The summed E-state index contributed by atoms with van der Waals surface area (Å²) in [7, 11) is 0. The fourth-order valence-electron chi connectivity index (χ4n) is 2.17. The van der Waals surface area contributed by atoms with Crippen LogP contribution in [0.1, 0.15) is 51.8 Å². The van der Waals surface area contributed by atoms with E-state index in [1.54, 1.807) is 0 Å². The van der Waals surface area contributed by atoms with Gasteiger partial charge in [0.15, 0.2) is 0 Å². The van der Waals surface area contributed by atoms with Crippen LogP contribution in [0.5, 0.6) is 0 Å². The van der Waals surface area contributed by atoms with Crippen molar-refractivity contribution in [2.75, 3.05) is 0 Å². The summed E-state index contributed by atoms with van der Waals surface area (Å²) in [4.78, 5) is 9.15. The molecular formula is C16H22N2. The Bertz CT molecular complexity index is 538. The first-order valence-corrected chi connectivity index (χ1v) is 6.76. The maximum Gasteiger partial charge on any atom is 0.0922 e. The van der Waals surface area contributed by atoms with Gasteiger partial charge in [0.25, 0.3) is 0 Å². The van der Waals surface area contributed by atoms with E-state index in [4.69, 9.17) is 0 Å². The quantitative estimate of drug-likeness (QED) is 0.803. The van der Waals surface area contributed by atoms with Crippen LogP contribution in [0.2, 0.25) is 0 Å². The number of aromatic nitrogens is 2. The van der Waals surface area contributed by atoms with Gasteiger partial charge in [-0.25, -0.2) is 0 Å². The molecule has 0 radical (unpaired) electrons. The highest BCUT2D eigenvalue weighted by molar-refractivity contribution is 5.81. The molecule has 0 aliphatic rings. The molecule has 0 atom stereocenters. The van der Waals surface area contributed by atoms with Crippen molar-refractivity contribution in [1.29, 1.82) is 0 Å². The van der Waals surface area contributed by atoms with Gasteiger partial charge in [0.2, 0.25) is 0 Å². The molecule has 0 unspecified atom stereocenters. The molecule has 2 aromatic heterocycles. The molecule has 0 fully saturated rings. The van der Waals surface area contributed by atoms with Crippen molar-refractivity contribution in [1.82, 2.24) is 9.97 Å². The van der Waals surface area contributed by atoms with Gasteiger partial charge in [-0.05, 0) is 30.5 Å². The van der Waals surface area contributed by atoms with E-state index in [1.165, 1.54) is 23.8 Å². The minimum atomic E-state index is 0.0391. The fraction of sp³-hybridized carbons (Fsp3) is 0.500. The number of hydrogen-bond acceptors (Lipinski definition) is 2. The van der Waals surface area contributed by atoms with Gasteiger partial charge in [0, 0.05) is 23.2 Å². The summed E-state index contributed by atoms with van der Waals surface area (Å²) >= 11 is 0. The largest absolute Gasteiger partial charge is 0.258 e. The zero-order valence-electron chi connectivity index (χ0n) is 11.8. The molecule has 2 heterocycles. The fourth-order valence-corrected chi connectivity index (χ4v) is 2.17. The smallest absolute Gasteiger partial charge is 0.0922 e. The Kier molecular flexibility index (Phi) is 3.65. The monoisotopic (exact) mass is 242 g/mol. The molecule has 0 aliphatic heterocycles. The van der Waals surface area contributed by atoms with Crippen molar-refractivity contribution in [2.24, 2.45) is 0 Å². The molecule has 2 nitrogen and oxygen atoms in total. The highest BCUT2D eigenvalue weighted by Gasteiger charge is 2.19. The van der Waals surface area contributed by atoms with Crippen LogP contribution >= 0.6 is 0 Å². The lowest BCUT2D eigenvalue weighted by Gasteiger charge is -2.19. The predicted octanol–water partition coefficient (Wildman–Crippen LogP) is 4.27. The van der Waals surface area contributed by atoms with Crippen LogP contribution in [-0.4, -0.2) is 9.97 Å². The number of nitrogens with zero attached hydrogens (tertiary/aromatic N) is 2. The molecule has 2 aromatic rings. The highest BCUT2D eigenvalue weighted by Crippen LogP contribution is 2.26. The van der Waals surface area contributed by atoms with Gasteiger partial charge in [-0.2, -0.15) is 0 Å². The Morgan fingerprint density at radius 1 is 1.17 bits per heavy atom. The summed E-state index contributed by atoms with van der Waals surface area (Å²) in [5, 5.41) is 1.21. The third-order valence-corrected chi connectivity index (χ3v) is 3.19. The summed E-state index contributed by atoms with van der Waals surface area (Å²) in [5.41, 5.74) is 3.50. The molecule has 0 N–H and O–H groups in total. The maximum atomic E-state index is 4.64. The molecule has 0 amide bonds. The Morgan fingerprint density at radius 2 is 1.94 bits per heavy atom. The van der Waals surface area contributed by atoms with Gasteiger partial charge >= 0.3 is 0 Å². The molecule has 0 saturated heterocycles. The lowest BCUT2D eigenvalue weighted by atomic mass is 9.90. The molecule has 0 spiro atoms. The molecule has 0 bridgehead atoms. The lowest BCUT2D eigenvalue weighted by molar-refractivity contribution is 0.574. The number of aryl methyl sites for hydroxylation is 1. The Balaban J connectivity index is 2.47. The number of fused-ring (bicyclic) bond motifs is 1. The summed E-state index contributed by atoms with van der Waals surface area (Å²) in [6, 6.07) is 4.32. The summed E-state index contributed by atoms with van der Waals surface area (Å²) in [6.45, 7) is 8.76. The Morgan fingerprint density at radius 3 is 2.61 bits per heavy atom. The van der Waals surface area contributed by atoms with Gasteiger partial charge in [-0.15, -0.1) is 0 Å². The molecule has 0 aromatic carbocycles. The van der Waals surface area contributed by atoms with Crippen LogP contribution in [-0.2, 0) is 11.8 Å². The van der Waals surface area contributed by atoms with Gasteiger partial charge in [-0.3, -0.25) is 9.97 Å². The van der Waals surface area contributed by atoms with Crippen LogP contribution < -0.4 is 0 Å². The molecule has 0 saturated carbocycles. The number of hydrogen-bond donors (Lipinski definition) is 0.